The third-order valence-corrected chi connectivity index (χ3v) is 4.01. The summed E-state index contributed by atoms with van der Waals surface area (Å²) in [5.74, 6) is 1.03. The minimum Gasteiger partial charge on any atom is -0.381 e. The summed E-state index contributed by atoms with van der Waals surface area (Å²) in [5, 5.41) is 9.56. The van der Waals surface area contributed by atoms with Crippen LogP contribution in [0.1, 0.15) is 12.5 Å². The zero-order valence-corrected chi connectivity index (χ0v) is 9.20. The molecule has 0 aliphatic heterocycles. The predicted octanol–water partition coefficient (Wildman–Crippen LogP) is 2.75. The third kappa shape index (κ3) is 4.60. The van der Waals surface area contributed by atoms with Gasteiger partial charge in [-0.3, -0.25) is 0 Å². The van der Waals surface area contributed by atoms with Crippen molar-refractivity contribution in [1.82, 2.24) is 0 Å². The molecule has 0 aliphatic carbocycles. The summed E-state index contributed by atoms with van der Waals surface area (Å²) >= 11 is 0. The van der Waals surface area contributed by atoms with Crippen molar-refractivity contribution in [2.45, 2.75) is 18.8 Å². The number of rotatable bonds is 5. The number of aliphatic hydroxyl groups excluding tert-OH is 1. The smallest absolute Gasteiger partial charge is 0.113 e. The first-order valence-corrected chi connectivity index (χ1v) is 6.63. The normalized spacial score (nSPS) is 12.8. The van der Waals surface area contributed by atoms with Crippen LogP contribution in [0.3, 0.4) is 0 Å². The lowest BCUT2D eigenvalue weighted by Crippen LogP contribution is -2.03. The Labute approximate surface area is 87.3 Å². The molecule has 0 spiro atoms. The van der Waals surface area contributed by atoms with Gasteiger partial charge in [0, 0.05) is 12.2 Å². The van der Waals surface area contributed by atoms with E-state index in [-0.39, 0.29) is 5.44 Å². The minimum absolute atomic E-state index is 0.316. The van der Waals surface area contributed by atoms with Crippen LogP contribution in [0.5, 0.6) is 0 Å². The average Bonchev–Trinajstić information content (AvgIpc) is 2.16. The molecule has 1 rings (SSSR count). The molecule has 0 heterocycles. The fourth-order valence-corrected chi connectivity index (χ4v) is 2.55. The van der Waals surface area contributed by atoms with E-state index in [0.717, 1.165) is 11.3 Å². The molecule has 0 aromatic heterocycles. The molecule has 1 aromatic rings. The second kappa shape index (κ2) is 6.35. The van der Waals surface area contributed by atoms with Crippen LogP contribution in [0.25, 0.3) is 0 Å². The average molecular weight is 213 g/mol. The topological polar surface area (TPSA) is 20.2 Å². The van der Waals surface area contributed by atoms with Crippen molar-refractivity contribution in [3.8, 4) is 0 Å². The van der Waals surface area contributed by atoms with Gasteiger partial charge in [-0.25, -0.2) is 0 Å². The Balaban J connectivity index is 2.32. The van der Waals surface area contributed by atoms with E-state index in [4.69, 9.17) is 0 Å². The van der Waals surface area contributed by atoms with Gasteiger partial charge in [0.25, 0.3) is 0 Å². The van der Waals surface area contributed by atoms with Crippen molar-refractivity contribution in [3.05, 3.63) is 35.9 Å². The Kier molecular flexibility index (Phi) is 5.35. The van der Waals surface area contributed by atoms with Gasteiger partial charge in [-0.2, -0.15) is 0 Å². The lowest BCUT2D eigenvalue weighted by molar-refractivity contribution is 0.266. The predicted molar refractivity (Wildman–Crippen MR) is 60.7 cm³/mol. The summed E-state index contributed by atoms with van der Waals surface area (Å²) in [6, 6.07) is 10.9. The fourth-order valence-electron chi connectivity index (χ4n) is 0.926. The van der Waals surface area contributed by atoms with Crippen LogP contribution >= 0.6 is 21.6 Å². The van der Waals surface area contributed by atoms with Gasteiger partial charge in [0.05, 0.1) is 0 Å². The van der Waals surface area contributed by atoms with E-state index in [1.807, 2.05) is 24.3 Å². The zero-order valence-electron chi connectivity index (χ0n) is 7.56. The molecule has 1 radical (unpaired) electrons. The molecule has 3 heteroatoms. The second-order valence-corrected chi connectivity index (χ2v) is 5.38. The molecule has 0 fully saturated rings. The van der Waals surface area contributed by atoms with Crippen LogP contribution in [0.4, 0.5) is 0 Å². The molecular formula is C10H13OS2. The highest BCUT2D eigenvalue weighted by molar-refractivity contribution is 8.76. The quantitative estimate of drug-likeness (QED) is 0.600. The van der Waals surface area contributed by atoms with Crippen molar-refractivity contribution in [3.63, 3.8) is 0 Å². The zero-order chi connectivity index (χ0) is 9.52. The van der Waals surface area contributed by atoms with Crippen LogP contribution < -0.4 is 0 Å². The summed E-state index contributed by atoms with van der Waals surface area (Å²) in [5.41, 5.74) is 0.753. The van der Waals surface area contributed by atoms with Gasteiger partial charge in [-0.15, -0.1) is 0 Å². The molecule has 1 unspecified atom stereocenters. The van der Waals surface area contributed by atoms with E-state index in [1.165, 1.54) is 10.8 Å². The van der Waals surface area contributed by atoms with Crippen molar-refractivity contribution in [2.24, 2.45) is 0 Å². The number of hydrogen-bond acceptors (Lipinski definition) is 3. The molecule has 13 heavy (non-hydrogen) atoms. The largest absolute Gasteiger partial charge is 0.381 e. The Bertz CT molecular complexity index is 226. The summed E-state index contributed by atoms with van der Waals surface area (Å²) in [6.07, 6.45) is 0.679. The number of benzene rings is 1. The van der Waals surface area contributed by atoms with Gasteiger partial charge in [-0.05, 0) is 11.6 Å². The Morgan fingerprint density at radius 2 is 2.38 bits per heavy atom. The van der Waals surface area contributed by atoms with Crippen molar-refractivity contribution < 1.29 is 5.11 Å². The third-order valence-electron chi connectivity index (χ3n) is 1.46. The van der Waals surface area contributed by atoms with Crippen LogP contribution in [-0.4, -0.2) is 16.3 Å². The van der Waals surface area contributed by atoms with E-state index in [0.29, 0.717) is 6.42 Å². The summed E-state index contributed by atoms with van der Waals surface area (Å²) in [6.45, 7) is 2.08. The van der Waals surface area contributed by atoms with Crippen molar-refractivity contribution in [1.29, 1.82) is 0 Å². The molecule has 1 nitrogen and oxygen atoms in total. The standard InChI is InChI=1S/C10H13OS2/c1-2-12-13-10(11)8-9-6-4-3-5-7-9/h3-6,10-11H,2,8H2,1H3. The van der Waals surface area contributed by atoms with E-state index < -0.39 is 0 Å². The van der Waals surface area contributed by atoms with Gasteiger partial charge in [0.1, 0.15) is 5.44 Å². The Morgan fingerprint density at radius 3 is 3.00 bits per heavy atom. The minimum atomic E-state index is -0.316. The summed E-state index contributed by atoms with van der Waals surface area (Å²) in [7, 11) is 3.21. The first-order valence-electron chi connectivity index (χ1n) is 4.25. The van der Waals surface area contributed by atoms with Crippen molar-refractivity contribution in [2.75, 3.05) is 5.75 Å². The first kappa shape index (κ1) is 11.0. The maximum Gasteiger partial charge on any atom is 0.113 e. The number of aliphatic hydroxyl groups is 1. The van der Waals surface area contributed by atoms with E-state index >= 15 is 0 Å². The molecule has 71 valence electrons. The molecule has 1 N–H and O–H groups in total. The maximum absolute atomic E-state index is 9.56. The second-order valence-electron chi connectivity index (χ2n) is 2.55. The fraction of sp³-hybridized carbons (Fsp3) is 0.400. The molecule has 0 aliphatic rings. The SMILES string of the molecule is CCSSC(O)Cc1[c]cccc1. The number of hydrogen-bond donors (Lipinski definition) is 1. The highest BCUT2D eigenvalue weighted by Crippen LogP contribution is 2.26. The van der Waals surface area contributed by atoms with E-state index in [9.17, 15) is 5.11 Å². The Hall–Kier alpha value is -0.120. The van der Waals surface area contributed by atoms with E-state index in [2.05, 4.69) is 13.0 Å². The van der Waals surface area contributed by atoms with Gasteiger partial charge in [-0.1, -0.05) is 52.8 Å². The van der Waals surface area contributed by atoms with Gasteiger partial charge < -0.3 is 5.11 Å². The van der Waals surface area contributed by atoms with E-state index in [1.54, 1.807) is 10.8 Å². The lowest BCUT2D eigenvalue weighted by Gasteiger charge is -2.07. The highest BCUT2D eigenvalue weighted by Gasteiger charge is 2.05. The highest BCUT2D eigenvalue weighted by atomic mass is 33.1. The maximum atomic E-state index is 9.56. The van der Waals surface area contributed by atoms with Crippen molar-refractivity contribution >= 4 is 21.6 Å². The molecule has 0 saturated carbocycles. The Morgan fingerprint density at radius 1 is 1.54 bits per heavy atom. The van der Waals surface area contributed by atoms with Gasteiger partial charge in [0.15, 0.2) is 0 Å². The molecular weight excluding hydrogens is 200 g/mol. The van der Waals surface area contributed by atoms with Crippen LogP contribution in [-0.2, 0) is 6.42 Å². The van der Waals surface area contributed by atoms with Gasteiger partial charge in [0.2, 0.25) is 0 Å². The first-order chi connectivity index (χ1) is 6.33. The van der Waals surface area contributed by atoms with Crippen LogP contribution in [0.2, 0.25) is 0 Å². The lowest BCUT2D eigenvalue weighted by atomic mass is 10.2. The monoisotopic (exact) mass is 213 g/mol. The summed E-state index contributed by atoms with van der Waals surface area (Å²) < 4.78 is 0. The molecule has 0 amide bonds. The molecule has 0 saturated heterocycles. The van der Waals surface area contributed by atoms with Crippen LogP contribution in [0.15, 0.2) is 24.3 Å². The molecule has 1 atom stereocenters. The summed E-state index contributed by atoms with van der Waals surface area (Å²) in [4.78, 5) is 0. The molecule has 0 bridgehead atoms. The molecule has 1 aromatic carbocycles. The van der Waals surface area contributed by atoms with Crippen LogP contribution in [0, 0.1) is 6.07 Å². The van der Waals surface area contributed by atoms with Gasteiger partial charge >= 0.3 is 0 Å².